The van der Waals surface area contributed by atoms with E-state index in [1.807, 2.05) is 18.2 Å². The molecule has 0 amide bonds. The quantitative estimate of drug-likeness (QED) is 0.667. The third-order valence-electron chi connectivity index (χ3n) is 4.24. The second-order valence-electron chi connectivity index (χ2n) is 5.70. The highest BCUT2D eigenvalue weighted by atomic mass is 16.5. The highest BCUT2D eigenvalue weighted by Crippen LogP contribution is 2.45. The molecule has 0 saturated heterocycles. The number of nitrogens with zero attached hydrogens (tertiary/aromatic N) is 3. The van der Waals surface area contributed by atoms with Gasteiger partial charge in [-0.15, -0.1) is 5.10 Å². The zero-order valence-corrected chi connectivity index (χ0v) is 13.0. The van der Waals surface area contributed by atoms with Crippen molar-refractivity contribution in [2.24, 2.45) is 5.92 Å². The highest BCUT2D eigenvalue weighted by molar-refractivity contribution is 5.86. The number of phenolic OH excluding ortho intramolecular Hbond substituents is 1. The van der Waals surface area contributed by atoms with Gasteiger partial charge in [-0.1, -0.05) is 12.1 Å². The summed E-state index contributed by atoms with van der Waals surface area (Å²) in [6.07, 6.45) is 3.33. The van der Waals surface area contributed by atoms with Gasteiger partial charge in [0.15, 0.2) is 0 Å². The summed E-state index contributed by atoms with van der Waals surface area (Å²) < 4.78 is 5.46. The summed E-state index contributed by atoms with van der Waals surface area (Å²) in [6, 6.07) is 12.5. The van der Waals surface area contributed by atoms with Crippen LogP contribution < -0.4 is 4.74 Å². The van der Waals surface area contributed by atoms with Gasteiger partial charge >= 0.3 is 0 Å². The molecule has 3 heterocycles. The van der Waals surface area contributed by atoms with Gasteiger partial charge < -0.3 is 9.84 Å². The Labute approximate surface area is 143 Å². The number of benzene rings is 1. The molecule has 0 saturated carbocycles. The number of aromatic hydroxyl groups is 1. The Balaban J connectivity index is 1.95. The Morgan fingerprint density at radius 1 is 1.24 bits per heavy atom. The van der Waals surface area contributed by atoms with Crippen molar-refractivity contribution in [2.45, 2.75) is 5.92 Å². The summed E-state index contributed by atoms with van der Waals surface area (Å²) in [5.74, 6) is -1.07. The van der Waals surface area contributed by atoms with Crippen LogP contribution in [0.15, 0.2) is 48.8 Å². The Hall–Kier alpha value is -3.66. The summed E-state index contributed by atoms with van der Waals surface area (Å²) in [4.78, 5) is 4.01. The van der Waals surface area contributed by atoms with Crippen molar-refractivity contribution in [3.05, 3.63) is 59.9 Å². The molecule has 0 spiro atoms. The van der Waals surface area contributed by atoms with E-state index in [2.05, 4.69) is 21.3 Å². The first kappa shape index (κ1) is 14.9. The second kappa shape index (κ2) is 5.76. The summed E-state index contributed by atoms with van der Waals surface area (Å²) >= 11 is 0. The average molecular weight is 331 g/mol. The minimum Gasteiger partial charge on any atom is -0.508 e. The van der Waals surface area contributed by atoms with Crippen molar-refractivity contribution >= 4 is 5.90 Å². The van der Waals surface area contributed by atoms with Crippen molar-refractivity contribution in [1.82, 2.24) is 15.2 Å². The van der Waals surface area contributed by atoms with Crippen LogP contribution in [-0.2, 0) is 0 Å². The number of nitriles is 1. The molecule has 3 N–H and O–H groups in total. The SMILES string of the molecule is N#CC1C(=N)Oc2n[nH]c(-c3ccncc3)c2C1c1cccc(O)c1. The maximum absolute atomic E-state index is 9.85. The van der Waals surface area contributed by atoms with Crippen molar-refractivity contribution in [3.63, 3.8) is 0 Å². The third-order valence-corrected chi connectivity index (χ3v) is 4.24. The minimum atomic E-state index is -0.813. The number of aromatic amines is 1. The van der Waals surface area contributed by atoms with Crippen LogP contribution >= 0.6 is 0 Å². The summed E-state index contributed by atoms with van der Waals surface area (Å²) in [7, 11) is 0. The molecule has 1 aliphatic rings. The first-order valence-electron chi connectivity index (χ1n) is 7.62. The summed E-state index contributed by atoms with van der Waals surface area (Å²) in [6.45, 7) is 0. The predicted octanol–water partition coefficient (Wildman–Crippen LogP) is 2.82. The summed E-state index contributed by atoms with van der Waals surface area (Å²) in [5, 5.41) is 34.6. The van der Waals surface area contributed by atoms with Crippen LogP contribution in [0.5, 0.6) is 11.6 Å². The zero-order chi connectivity index (χ0) is 17.4. The highest BCUT2D eigenvalue weighted by Gasteiger charge is 2.40. The van der Waals surface area contributed by atoms with Crippen LogP contribution in [0.4, 0.5) is 0 Å². The average Bonchev–Trinajstić information content (AvgIpc) is 3.04. The fourth-order valence-corrected chi connectivity index (χ4v) is 3.14. The Morgan fingerprint density at radius 3 is 2.76 bits per heavy atom. The van der Waals surface area contributed by atoms with E-state index in [1.54, 1.807) is 30.6 Å². The van der Waals surface area contributed by atoms with Gasteiger partial charge in [0.25, 0.3) is 0 Å². The Bertz CT molecular complexity index is 990. The van der Waals surface area contributed by atoms with Gasteiger partial charge in [0.05, 0.1) is 17.3 Å². The van der Waals surface area contributed by atoms with Crippen LogP contribution in [-0.4, -0.2) is 26.2 Å². The van der Waals surface area contributed by atoms with Crippen LogP contribution in [0.2, 0.25) is 0 Å². The van der Waals surface area contributed by atoms with E-state index in [4.69, 9.17) is 10.1 Å². The lowest BCUT2D eigenvalue weighted by molar-refractivity contribution is 0.435. The second-order valence-corrected chi connectivity index (χ2v) is 5.70. The minimum absolute atomic E-state index is 0.0997. The number of rotatable bonds is 2. The van der Waals surface area contributed by atoms with Crippen molar-refractivity contribution in [3.8, 4) is 29.0 Å². The van der Waals surface area contributed by atoms with E-state index in [0.29, 0.717) is 11.3 Å². The number of aromatic nitrogens is 3. The molecule has 122 valence electrons. The van der Waals surface area contributed by atoms with Gasteiger partial charge in [0.1, 0.15) is 11.7 Å². The molecule has 0 bridgehead atoms. The molecule has 7 heteroatoms. The molecule has 0 fully saturated rings. The standard InChI is InChI=1S/C18H13N5O2/c19-9-13-14(11-2-1-3-12(24)8-11)15-16(10-4-6-21-7-5-10)22-23-18(15)25-17(13)20/h1-8,13-14,20,24H,(H,22,23). The van der Waals surface area contributed by atoms with Gasteiger partial charge in [0, 0.05) is 23.9 Å². The molecule has 0 aliphatic carbocycles. The van der Waals surface area contributed by atoms with Crippen molar-refractivity contribution in [2.75, 3.05) is 0 Å². The van der Waals surface area contributed by atoms with Gasteiger partial charge in [-0.2, -0.15) is 5.26 Å². The number of nitrogens with one attached hydrogen (secondary N) is 2. The molecular weight excluding hydrogens is 318 g/mol. The lowest BCUT2D eigenvalue weighted by Gasteiger charge is -2.28. The topological polar surface area (TPSA) is 119 Å². The van der Waals surface area contributed by atoms with E-state index in [1.165, 1.54) is 0 Å². The Kier molecular flexibility index (Phi) is 3.43. The third kappa shape index (κ3) is 2.40. The Morgan fingerprint density at radius 2 is 2.04 bits per heavy atom. The van der Waals surface area contributed by atoms with Crippen LogP contribution in [0.25, 0.3) is 11.3 Å². The van der Waals surface area contributed by atoms with E-state index in [-0.39, 0.29) is 17.5 Å². The van der Waals surface area contributed by atoms with Crippen LogP contribution in [0.1, 0.15) is 17.0 Å². The first-order chi connectivity index (χ1) is 12.2. The van der Waals surface area contributed by atoms with Gasteiger partial charge in [0.2, 0.25) is 11.8 Å². The first-order valence-corrected chi connectivity index (χ1v) is 7.62. The normalized spacial score (nSPS) is 18.9. The van der Waals surface area contributed by atoms with Crippen molar-refractivity contribution in [1.29, 1.82) is 10.7 Å². The number of fused-ring (bicyclic) bond motifs is 1. The molecule has 2 atom stereocenters. The number of ether oxygens (including phenoxy) is 1. The van der Waals surface area contributed by atoms with Gasteiger partial charge in [-0.25, -0.2) is 0 Å². The summed E-state index contributed by atoms with van der Waals surface area (Å²) in [5.41, 5.74) is 2.97. The monoisotopic (exact) mass is 331 g/mol. The number of H-pyrrole nitrogens is 1. The van der Waals surface area contributed by atoms with E-state index in [9.17, 15) is 10.4 Å². The fourth-order valence-electron chi connectivity index (χ4n) is 3.14. The molecule has 1 aliphatic heterocycles. The largest absolute Gasteiger partial charge is 0.508 e. The van der Waals surface area contributed by atoms with E-state index >= 15 is 0 Å². The maximum atomic E-state index is 9.85. The van der Waals surface area contributed by atoms with Crippen LogP contribution in [0.3, 0.4) is 0 Å². The molecule has 2 unspecified atom stereocenters. The maximum Gasteiger partial charge on any atom is 0.244 e. The molecule has 0 radical (unpaired) electrons. The van der Waals surface area contributed by atoms with Gasteiger partial charge in [-0.05, 0) is 29.8 Å². The lowest BCUT2D eigenvalue weighted by atomic mass is 9.79. The fraction of sp³-hybridized carbons (Fsp3) is 0.111. The van der Waals surface area contributed by atoms with Gasteiger partial charge in [-0.3, -0.25) is 15.5 Å². The number of pyridine rings is 1. The van der Waals surface area contributed by atoms with Crippen molar-refractivity contribution < 1.29 is 9.84 Å². The molecule has 25 heavy (non-hydrogen) atoms. The molecular formula is C18H13N5O2. The van der Waals surface area contributed by atoms with E-state index in [0.717, 1.165) is 11.1 Å². The number of hydrogen-bond donors (Lipinski definition) is 3. The smallest absolute Gasteiger partial charge is 0.244 e. The molecule has 4 rings (SSSR count). The van der Waals surface area contributed by atoms with Crippen LogP contribution in [0, 0.1) is 22.7 Å². The molecule has 3 aromatic rings. The molecule has 7 nitrogen and oxygen atoms in total. The zero-order valence-electron chi connectivity index (χ0n) is 13.0. The molecule has 2 aromatic heterocycles. The lowest BCUT2D eigenvalue weighted by Crippen LogP contribution is -2.30. The predicted molar refractivity (Wildman–Crippen MR) is 89.2 cm³/mol. The van der Waals surface area contributed by atoms with E-state index < -0.39 is 11.8 Å². The number of hydrogen-bond acceptors (Lipinski definition) is 6. The number of phenols is 1. The molecule has 1 aromatic carbocycles.